The standard InChI is InChI=1S/C24H15N3O4/c1-2-30-23(28)15(11-25)9-14-10-18-17-8-7-13-5-3-4-6-16(13)22(17)31-24(29)20(18)21(27)19(14)12-26/h3-10H,2,27H2,1H3/b15-9-. The van der Waals surface area contributed by atoms with Gasteiger partial charge >= 0.3 is 11.6 Å². The lowest BCUT2D eigenvalue weighted by Crippen LogP contribution is -2.08. The largest absolute Gasteiger partial charge is 0.462 e. The van der Waals surface area contributed by atoms with Gasteiger partial charge in [-0.3, -0.25) is 0 Å². The van der Waals surface area contributed by atoms with Crippen molar-refractivity contribution >= 4 is 50.2 Å². The van der Waals surface area contributed by atoms with Crippen molar-refractivity contribution in [3.8, 4) is 12.1 Å². The number of hydrogen-bond donors (Lipinski definition) is 1. The second-order valence-electron chi connectivity index (χ2n) is 6.73. The Morgan fingerprint density at radius 3 is 2.65 bits per heavy atom. The molecule has 2 N–H and O–H groups in total. The lowest BCUT2D eigenvalue weighted by Gasteiger charge is -2.11. The van der Waals surface area contributed by atoms with Crippen LogP contribution in [-0.4, -0.2) is 12.6 Å². The molecule has 4 rings (SSSR count). The zero-order chi connectivity index (χ0) is 22.1. The molecule has 7 nitrogen and oxygen atoms in total. The van der Waals surface area contributed by atoms with Gasteiger partial charge in [0.2, 0.25) is 0 Å². The van der Waals surface area contributed by atoms with Crippen LogP contribution in [0.4, 0.5) is 5.69 Å². The number of fused-ring (bicyclic) bond motifs is 5. The summed E-state index contributed by atoms with van der Waals surface area (Å²) in [6, 6.07) is 16.5. The molecule has 0 fully saturated rings. The Morgan fingerprint density at radius 1 is 1.16 bits per heavy atom. The number of carbonyl (C=O) groups is 1. The molecular formula is C24H15N3O4. The summed E-state index contributed by atoms with van der Waals surface area (Å²) in [5, 5.41) is 21.8. The lowest BCUT2D eigenvalue weighted by molar-refractivity contribution is -0.137. The van der Waals surface area contributed by atoms with Crippen molar-refractivity contribution in [1.29, 1.82) is 10.5 Å². The second kappa shape index (κ2) is 7.66. The van der Waals surface area contributed by atoms with Gasteiger partial charge in [-0.25, -0.2) is 9.59 Å². The summed E-state index contributed by atoms with van der Waals surface area (Å²) in [5.74, 6) is -0.809. The molecule has 150 valence electrons. The Balaban J connectivity index is 2.14. The summed E-state index contributed by atoms with van der Waals surface area (Å²) in [6.45, 7) is 1.72. The maximum Gasteiger partial charge on any atom is 0.348 e. The molecule has 0 unspecified atom stereocenters. The van der Waals surface area contributed by atoms with Crippen molar-refractivity contribution in [2.24, 2.45) is 0 Å². The third kappa shape index (κ3) is 3.15. The predicted octanol–water partition coefficient (Wildman–Crippen LogP) is 4.02. The van der Waals surface area contributed by atoms with Gasteiger partial charge in [-0.05, 0) is 36.1 Å². The average Bonchev–Trinajstić information content (AvgIpc) is 2.77. The van der Waals surface area contributed by atoms with E-state index in [1.54, 1.807) is 25.1 Å². The average molecular weight is 409 g/mol. The normalized spacial score (nSPS) is 11.4. The van der Waals surface area contributed by atoms with Crippen molar-refractivity contribution < 1.29 is 13.9 Å². The quantitative estimate of drug-likeness (QED) is 0.135. The van der Waals surface area contributed by atoms with E-state index in [1.807, 2.05) is 36.4 Å². The summed E-state index contributed by atoms with van der Waals surface area (Å²) in [4.78, 5) is 24.9. The molecule has 4 aromatic rings. The van der Waals surface area contributed by atoms with Gasteiger partial charge in [0.05, 0.1) is 23.2 Å². The van der Waals surface area contributed by atoms with E-state index < -0.39 is 11.6 Å². The van der Waals surface area contributed by atoms with E-state index in [1.165, 1.54) is 6.08 Å². The first-order valence-electron chi connectivity index (χ1n) is 9.40. The SMILES string of the molecule is CCOC(=O)/C(C#N)=C\c1cc2c(c(N)c1C#N)c(=O)oc1c3ccccc3ccc21. The molecule has 0 aliphatic rings. The van der Waals surface area contributed by atoms with E-state index in [0.717, 1.165) is 10.8 Å². The first-order valence-corrected chi connectivity index (χ1v) is 9.40. The van der Waals surface area contributed by atoms with Gasteiger partial charge in [0.15, 0.2) is 0 Å². The van der Waals surface area contributed by atoms with Gasteiger partial charge in [0, 0.05) is 16.2 Å². The number of ether oxygens (including phenoxy) is 1. The van der Waals surface area contributed by atoms with Crippen LogP contribution >= 0.6 is 0 Å². The van der Waals surface area contributed by atoms with E-state index in [9.17, 15) is 20.1 Å². The molecule has 0 spiro atoms. The molecule has 0 aliphatic carbocycles. The van der Waals surface area contributed by atoms with Crippen LogP contribution in [0.3, 0.4) is 0 Å². The fraction of sp³-hybridized carbons (Fsp3) is 0.0833. The second-order valence-corrected chi connectivity index (χ2v) is 6.73. The third-order valence-corrected chi connectivity index (χ3v) is 4.99. The van der Waals surface area contributed by atoms with Gasteiger partial charge in [-0.15, -0.1) is 0 Å². The number of anilines is 1. The molecule has 1 heterocycles. The molecule has 0 amide bonds. The molecule has 3 aromatic carbocycles. The summed E-state index contributed by atoms with van der Waals surface area (Å²) in [6.07, 6.45) is 1.24. The lowest BCUT2D eigenvalue weighted by atomic mass is 9.95. The number of nitrogens with two attached hydrogens (primary N) is 1. The highest BCUT2D eigenvalue weighted by atomic mass is 16.5. The van der Waals surface area contributed by atoms with Crippen molar-refractivity contribution in [2.45, 2.75) is 6.92 Å². The van der Waals surface area contributed by atoms with Crippen molar-refractivity contribution in [3.63, 3.8) is 0 Å². The highest BCUT2D eigenvalue weighted by Crippen LogP contribution is 2.34. The van der Waals surface area contributed by atoms with Gasteiger partial charge in [0.25, 0.3) is 0 Å². The van der Waals surface area contributed by atoms with Crippen LogP contribution in [0, 0.1) is 22.7 Å². The van der Waals surface area contributed by atoms with E-state index in [4.69, 9.17) is 14.9 Å². The molecule has 0 saturated heterocycles. The summed E-state index contributed by atoms with van der Waals surface area (Å²) in [5.41, 5.74) is 5.74. The molecule has 0 bridgehead atoms. The van der Waals surface area contributed by atoms with Crippen molar-refractivity contribution in [3.05, 3.63) is 69.6 Å². The van der Waals surface area contributed by atoms with E-state index in [2.05, 4.69) is 0 Å². The van der Waals surface area contributed by atoms with Crippen LogP contribution in [0.5, 0.6) is 0 Å². The first kappa shape index (κ1) is 19.7. The molecule has 7 heteroatoms. The molecular weight excluding hydrogens is 394 g/mol. The smallest absolute Gasteiger partial charge is 0.348 e. The Labute approximate surface area is 176 Å². The fourth-order valence-electron chi connectivity index (χ4n) is 3.61. The van der Waals surface area contributed by atoms with E-state index in [0.29, 0.717) is 16.4 Å². The highest BCUT2D eigenvalue weighted by molar-refractivity contribution is 6.17. The van der Waals surface area contributed by atoms with Gasteiger partial charge in [-0.2, -0.15) is 10.5 Å². The number of rotatable bonds is 3. The molecule has 1 aromatic heterocycles. The number of nitrogen functional groups attached to an aromatic ring is 1. The Morgan fingerprint density at radius 2 is 1.94 bits per heavy atom. The van der Waals surface area contributed by atoms with Gasteiger partial charge in [0.1, 0.15) is 23.3 Å². The Kier molecular flexibility index (Phi) is 4.86. The van der Waals surface area contributed by atoms with Crippen LogP contribution in [0.1, 0.15) is 18.1 Å². The predicted molar refractivity (Wildman–Crippen MR) is 117 cm³/mol. The minimum Gasteiger partial charge on any atom is -0.462 e. The van der Waals surface area contributed by atoms with Gasteiger partial charge in [-0.1, -0.05) is 30.3 Å². The van der Waals surface area contributed by atoms with E-state index in [-0.39, 0.29) is 34.4 Å². The molecule has 31 heavy (non-hydrogen) atoms. The monoisotopic (exact) mass is 409 g/mol. The van der Waals surface area contributed by atoms with Crippen LogP contribution in [-0.2, 0) is 9.53 Å². The number of hydrogen-bond acceptors (Lipinski definition) is 7. The van der Waals surface area contributed by atoms with Crippen LogP contribution < -0.4 is 11.4 Å². The van der Waals surface area contributed by atoms with Crippen LogP contribution in [0.25, 0.3) is 38.6 Å². The summed E-state index contributed by atoms with van der Waals surface area (Å²) < 4.78 is 10.5. The fourth-order valence-corrected chi connectivity index (χ4v) is 3.61. The maximum atomic E-state index is 12.8. The van der Waals surface area contributed by atoms with Crippen molar-refractivity contribution in [2.75, 3.05) is 12.3 Å². The highest BCUT2D eigenvalue weighted by Gasteiger charge is 2.19. The Hall–Kier alpha value is -4.62. The van der Waals surface area contributed by atoms with Gasteiger partial charge < -0.3 is 14.9 Å². The first-order chi connectivity index (χ1) is 15.0. The maximum absolute atomic E-state index is 12.8. The Bertz CT molecular complexity index is 1570. The molecule has 0 radical (unpaired) electrons. The number of carbonyl (C=O) groups excluding carboxylic acids is 1. The minimum absolute atomic E-state index is 0.0306. The minimum atomic E-state index is -0.809. The summed E-state index contributed by atoms with van der Waals surface area (Å²) in [7, 11) is 0. The molecule has 0 aliphatic heterocycles. The topological polar surface area (TPSA) is 130 Å². The zero-order valence-electron chi connectivity index (χ0n) is 16.4. The zero-order valence-corrected chi connectivity index (χ0v) is 16.4. The van der Waals surface area contributed by atoms with Crippen LogP contribution in [0.15, 0.2) is 57.2 Å². The molecule has 0 saturated carbocycles. The number of nitrogens with zero attached hydrogens (tertiary/aromatic N) is 2. The third-order valence-electron chi connectivity index (χ3n) is 4.99. The van der Waals surface area contributed by atoms with Crippen LogP contribution in [0.2, 0.25) is 0 Å². The molecule has 0 atom stereocenters. The number of esters is 1. The number of benzene rings is 3. The van der Waals surface area contributed by atoms with E-state index >= 15 is 0 Å². The number of nitriles is 2. The summed E-state index contributed by atoms with van der Waals surface area (Å²) >= 11 is 0. The van der Waals surface area contributed by atoms with Crippen molar-refractivity contribution in [1.82, 2.24) is 0 Å².